The van der Waals surface area contributed by atoms with Crippen LogP contribution in [0.3, 0.4) is 0 Å². The summed E-state index contributed by atoms with van der Waals surface area (Å²) in [6.45, 7) is 9.08. The van der Waals surface area contributed by atoms with E-state index >= 15 is 0 Å². The van der Waals surface area contributed by atoms with Crippen molar-refractivity contribution in [3.63, 3.8) is 0 Å². The maximum absolute atomic E-state index is 12.5. The highest BCUT2D eigenvalue weighted by Gasteiger charge is 2.17. The first-order chi connectivity index (χ1) is 14.3. The standard InChI is InChI=1S/C24H24N4O2/c1-16(2)13-28-17(3)9-19(18(28)4)10-20(11-25)24(29)30-15-21-14-27-8-6-5-7-23(27)22(21)12-26/h5-10,14,16H,13,15H2,1-4H3/b20-10+. The second-order valence-electron chi connectivity index (χ2n) is 7.71. The molecule has 3 rings (SSSR count). The van der Waals surface area contributed by atoms with Crippen LogP contribution in [0.25, 0.3) is 11.6 Å². The number of nitrogens with zero attached hydrogens (tertiary/aromatic N) is 4. The molecule has 0 N–H and O–H groups in total. The van der Waals surface area contributed by atoms with Gasteiger partial charge in [0.15, 0.2) is 0 Å². The highest BCUT2D eigenvalue weighted by atomic mass is 16.5. The van der Waals surface area contributed by atoms with Gasteiger partial charge in [0.05, 0.1) is 11.1 Å². The van der Waals surface area contributed by atoms with Crippen LogP contribution in [0.4, 0.5) is 0 Å². The summed E-state index contributed by atoms with van der Waals surface area (Å²) in [6.07, 6.45) is 5.16. The van der Waals surface area contributed by atoms with Gasteiger partial charge in [-0.05, 0) is 49.6 Å². The summed E-state index contributed by atoms with van der Waals surface area (Å²) in [5.41, 5.74) is 4.66. The number of hydrogen-bond acceptors (Lipinski definition) is 4. The fourth-order valence-electron chi connectivity index (χ4n) is 3.55. The maximum atomic E-state index is 12.5. The van der Waals surface area contributed by atoms with Gasteiger partial charge in [0.1, 0.15) is 24.3 Å². The van der Waals surface area contributed by atoms with Crippen molar-refractivity contribution in [3.8, 4) is 12.1 Å². The minimum atomic E-state index is -0.703. The Hall–Kier alpha value is -3.77. The van der Waals surface area contributed by atoms with Crippen LogP contribution in [0.2, 0.25) is 0 Å². The quantitative estimate of drug-likeness (QED) is 0.346. The smallest absolute Gasteiger partial charge is 0.349 e. The molecule has 3 heterocycles. The zero-order valence-electron chi connectivity index (χ0n) is 17.6. The Kier molecular flexibility index (Phi) is 6.09. The predicted octanol–water partition coefficient (Wildman–Crippen LogP) is 4.54. The van der Waals surface area contributed by atoms with Crippen molar-refractivity contribution in [2.24, 2.45) is 5.92 Å². The molecule has 152 valence electrons. The number of rotatable bonds is 6. The van der Waals surface area contributed by atoms with Gasteiger partial charge in [-0.3, -0.25) is 0 Å². The molecule has 0 saturated heterocycles. The van der Waals surface area contributed by atoms with Crippen LogP contribution < -0.4 is 0 Å². The molecule has 0 aliphatic heterocycles. The SMILES string of the molecule is Cc1cc(/C=C(\C#N)C(=O)OCc2cn3ccccc3c2C#N)c(C)n1CC(C)C. The van der Waals surface area contributed by atoms with Gasteiger partial charge in [-0.2, -0.15) is 10.5 Å². The average molecular weight is 400 g/mol. The van der Waals surface area contributed by atoms with E-state index in [1.54, 1.807) is 12.3 Å². The summed E-state index contributed by atoms with van der Waals surface area (Å²) in [5, 5.41) is 19.0. The third kappa shape index (κ3) is 4.14. The lowest BCUT2D eigenvalue weighted by Crippen LogP contribution is -2.08. The fourth-order valence-corrected chi connectivity index (χ4v) is 3.55. The van der Waals surface area contributed by atoms with Gasteiger partial charge in [0.25, 0.3) is 0 Å². The largest absolute Gasteiger partial charge is 0.457 e. The average Bonchev–Trinajstić information content (AvgIpc) is 3.21. The van der Waals surface area contributed by atoms with Gasteiger partial charge in [0, 0.05) is 35.9 Å². The van der Waals surface area contributed by atoms with E-state index in [0.717, 1.165) is 29.0 Å². The summed E-state index contributed by atoms with van der Waals surface area (Å²) in [7, 11) is 0. The number of ether oxygens (including phenoxy) is 1. The number of fused-ring (bicyclic) bond motifs is 1. The summed E-state index contributed by atoms with van der Waals surface area (Å²) in [4.78, 5) is 12.5. The minimum absolute atomic E-state index is 0.0675. The number of pyridine rings is 1. The molecule has 3 aromatic rings. The predicted molar refractivity (Wildman–Crippen MR) is 114 cm³/mol. The molecule has 0 aliphatic rings. The highest BCUT2D eigenvalue weighted by molar-refractivity contribution is 5.98. The molecule has 30 heavy (non-hydrogen) atoms. The molecule has 6 heteroatoms. The van der Waals surface area contributed by atoms with Gasteiger partial charge in [-0.25, -0.2) is 4.79 Å². The molecule has 0 atom stereocenters. The van der Waals surface area contributed by atoms with E-state index in [-0.39, 0.29) is 12.2 Å². The summed E-state index contributed by atoms with van der Waals surface area (Å²) in [5.74, 6) is -0.218. The lowest BCUT2D eigenvalue weighted by Gasteiger charge is -2.12. The molecule has 0 spiro atoms. The molecular formula is C24H24N4O2. The summed E-state index contributed by atoms with van der Waals surface area (Å²) >= 11 is 0. The van der Waals surface area contributed by atoms with Crippen LogP contribution in [0, 0.1) is 42.4 Å². The molecule has 0 radical (unpaired) electrons. The molecule has 3 aromatic heterocycles. The molecule has 0 aromatic carbocycles. The van der Waals surface area contributed by atoms with E-state index in [1.165, 1.54) is 0 Å². The van der Waals surface area contributed by atoms with E-state index < -0.39 is 5.97 Å². The molecule has 0 saturated carbocycles. The van der Waals surface area contributed by atoms with E-state index in [9.17, 15) is 15.3 Å². The van der Waals surface area contributed by atoms with Crippen LogP contribution in [0.5, 0.6) is 0 Å². The lowest BCUT2D eigenvalue weighted by atomic mass is 10.1. The Morgan fingerprint density at radius 1 is 1.27 bits per heavy atom. The second kappa shape index (κ2) is 8.71. The number of aromatic nitrogens is 2. The number of carbonyl (C=O) groups is 1. The number of aryl methyl sites for hydroxylation is 1. The Bertz CT molecular complexity index is 1210. The van der Waals surface area contributed by atoms with Crippen molar-refractivity contribution in [2.45, 2.75) is 40.8 Å². The maximum Gasteiger partial charge on any atom is 0.349 e. The first kappa shape index (κ1) is 21.0. The minimum Gasteiger partial charge on any atom is -0.457 e. The van der Waals surface area contributed by atoms with Crippen LogP contribution in [-0.4, -0.2) is 14.9 Å². The Morgan fingerprint density at radius 2 is 2.03 bits per heavy atom. The highest BCUT2D eigenvalue weighted by Crippen LogP contribution is 2.21. The normalized spacial score (nSPS) is 11.5. The molecule has 0 aliphatic carbocycles. The van der Waals surface area contributed by atoms with Gasteiger partial charge >= 0.3 is 5.97 Å². The van der Waals surface area contributed by atoms with E-state index in [4.69, 9.17) is 4.74 Å². The van der Waals surface area contributed by atoms with Crippen molar-refractivity contribution < 1.29 is 9.53 Å². The van der Waals surface area contributed by atoms with E-state index in [2.05, 4.69) is 24.5 Å². The lowest BCUT2D eigenvalue weighted by molar-refractivity contribution is -0.139. The molecule has 0 unspecified atom stereocenters. The van der Waals surface area contributed by atoms with Gasteiger partial charge in [0.2, 0.25) is 0 Å². The third-order valence-electron chi connectivity index (χ3n) is 5.03. The number of carbonyl (C=O) groups excluding carboxylic acids is 1. The van der Waals surface area contributed by atoms with Crippen LogP contribution in [0.1, 0.15) is 41.9 Å². The third-order valence-corrected chi connectivity index (χ3v) is 5.03. The Labute approximate surface area is 176 Å². The fraction of sp³-hybridized carbons (Fsp3) is 0.292. The zero-order valence-corrected chi connectivity index (χ0v) is 17.6. The van der Waals surface area contributed by atoms with Crippen LogP contribution >= 0.6 is 0 Å². The van der Waals surface area contributed by atoms with E-state index in [1.807, 2.05) is 54.8 Å². The van der Waals surface area contributed by atoms with Gasteiger partial charge in [-0.15, -0.1) is 0 Å². The van der Waals surface area contributed by atoms with Crippen molar-refractivity contribution in [2.75, 3.05) is 0 Å². The molecule has 0 bridgehead atoms. The van der Waals surface area contributed by atoms with Crippen LogP contribution in [0.15, 0.2) is 42.2 Å². The molecular weight excluding hydrogens is 376 g/mol. The second-order valence-corrected chi connectivity index (χ2v) is 7.71. The Balaban J connectivity index is 1.81. The molecule has 6 nitrogen and oxygen atoms in total. The monoisotopic (exact) mass is 400 g/mol. The zero-order chi connectivity index (χ0) is 21.8. The number of esters is 1. The first-order valence-corrected chi connectivity index (χ1v) is 9.80. The Morgan fingerprint density at radius 3 is 2.70 bits per heavy atom. The van der Waals surface area contributed by atoms with E-state index in [0.29, 0.717) is 17.0 Å². The van der Waals surface area contributed by atoms with Crippen molar-refractivity contribution in [1.29, 1.82) is 10.5 Å². The van der Waals surface area contributed by atoms with Crippen molar-refractivity contribution >= 4 is 17.6 Å². The summed E-state index contributed by atoms with van der Waals surface area (Å²) in [6, 6.07) is 11.6. The van der Waals surface area contributed by atoms with Gasteiger partial charge < -0.3 is 13.7 Å². The number of nitriles is 2. The topological polar surface area (TPSA) is 83.2 Å². The first-order valence-electron chi connectivity index (χ1n) is 9.80. The molecule has 0 fully saturated rings. The molecule has 0 amide bonds. The van der Waals surface area contributed by atoms with Crippen molar-refractivity contribution in [3.05, 3.63) is 70.3 Å². The number of hydrogen-bond donors (Lipinski definition) is 0. The van der Waals surface area contributed by atoms with Crippen molar-refractivity contribution in [1.82, 2.24) is 8.97 Å². The summed E-state index contributed by atoms with van der Waals surface area (Å²) < 4.78 is 9.36. The van der Waals surface area contributed by atoms with Crippen LogP contribution in [-0.2, 0) is 22.7 Å². The van der Waals surface area contributed by atoms with Gasteiger partial charge in [-0.1, -0.05) is 19.9 Å².